The van der Waals surface area contributed by atoms with E-state index in [0.717, 1.165) is 25.1 Å². The average molecular weight is 296 g/mol. The molecule has 1 aromatic carbocycles. The zero-order valence-corrected chi connectivity index (χ0v) is 12.6. The molecule has 1 aliphatic carbocycles. The molecule has 1 atom stereocenters. The van der Waals surface area contributed by atoms with Crippen molar-refractivity contribution in [3.63, 3.8) is 0 Å². The third-order valence-corrected chi connectivity index (χ3v) is 3.96. The Morgan fingerprint density at radius 3 is 2.60 bits per heavy atom. The molecule has 1 aliphatic rings. The first-order valence-corrected chi connectivity index (χ1v) is 7.33. The lowest BCUT2D eigenvalue weighted by atomic mass is 10.1. The monoisotopic (exact) mass is 295 g/mol. The van der Waals surface area contributed by atoms with Crippen molar-refractivity contribution >= 4 is 11.6 Å². The second kappa shape index (κ2) is 6.61. The van der Waals surface area contributed by atoms with Crippen molar-refractivity contribution in [3.05, 3.63) is 41.4 Å². The molecule has 1 fully saturated rings. The molecule has 20 heavy (non-hydrogen) atoms. The molecule has 4 heteroatoms. The van der Waals surface area contributed by atoms with Gasteiger partial charge in [-0.1, -0.05) is 30.3 Å². The highest BCUT2D eigenvalue weighted by Crippen LogP contribution is 2.44. The molecule has 0 aliphatic heterocycles. The van der Waals surface area contributed by atoms with Gasteiger partial charge in [-0.25, -0.2) is 0 Å². The molecule has 0 aromatic heterocycles. The van der Waals surface area contributed by atoms with E-state index in [4.69, 9.17) is 16.3 Å². The Kier molecular flexibility index (Phi) is 5.08. The molecule has 0 amide bonds. The first-order chi connectivity index (χ1) is 9.54. The summed E-state index contributed by atoms with van der Waals surface area (Å²) in [7, 11) is 0. The molecule has 1 saturated carbocycles. The van der Waals surface area contributed by atoms with Crippen LogP contribution < -0.4 is 10.1 Å². The fourth-order valence-electron chi connectivity index (χ4n) is 2.07. The highest BCUT2D eigenvalue weighted by Gasteiger charge is 2.41. The summed E-state index contributed by atoms with van der Waals surface area (Å²) >= 11 is 5.66. The molecule has 3 nitrogen and oxygen atoms in total. The quantitative estimate of drug-likeness (QED) is 0.773. The molecular weight excluding hydrogens is 274 g/mol. The second-order valence-electron chi connectivity index (χ2n) is 5.64. The van der Waals surface area contributed by atoms with Crippen LogP contribution in [0.1, 0.15) is 31.4 Å². The Bertz CT molecular complexity index is 454. The van der Waals surface area contributed by atoms with Gasteiger partial charge in [0, 0.05) is 29.6 Å². The van der Waals surface area contributed by atoms with Gasteiger partial charge in [-0.05, 0) is 37.5 Å². The number of rotatable bonds is 8. The normalized spacial score (nSPS) is 17.6. The highest BCUT2D eigenvalue weighted by molar-refractivity contribution is 6.29. The Labute approximate surface area is 125 Å². The Morgan fingerprint density at radius 2 is 2.10 bits per heavy atom. The lowest BCUT2D eigenvalue weighted by Gasteiger charge is -2.19. The van der Waals surface area contributed by atoms with E-state index in [0.29, 0.717) is 11.6 Å². The number of aliphatic hydroxyl groups is 1. The lowest BCUT2D eigenvalue weighted by molar-refractivity contribution is 0.204. The fourth-order valence-corrected chi connectivity index (χ4v) is 2.12. The molecule has 0 spiro atoms. The fraction of sp³-hybridized carbons (Fsp3) is 0.500. The zero-order valence-electron chi connectivity index (χ0n) is 11.9. The first kappa shape index (κ1) is 15.4. The smallest absolute Gasteiger partial charge is 0.123 e. The maximum Gasteiger partial charge on any atom is 0.123 e. The van der Waals surface area contributed by atoms with Crippen molar-refractivity contribution in [2.45, 2.75) is 25.8 Å². The number of benzene rings is 1. The zero-order chi connectivity index (χ0) is 14.6. The van der Waals surface area contributed by atoms with Crippen molar-refractivity contribution in [2.24, 2.45) is 5.41 Å². The van der Waals surface area contributed by atoms with Crippen LogP contribution in [0, 0.1) is 5.41 Å². The van der Waals surface area contributed by atoms with E-state index >= 15 is 0 Å². The molecular formula is C16H22ClNO2. The maximum absolute atomic E-state index is 9.31. The summed E-state index contributed by atoms with van der Waals surface area (Å²) in [5.41, 5.74) is 1.34. The summed E-state index contributed by atoms with van der Waals surface area (Å²) in [5.74, 6) is 0.789. The molecule has 1 unspecified atom stereocenters. The number of halogens is 1. The molecule has 2 rings (SSSR count). The largest absolute Gasteiger partial charge is 0.488 e. The van der Waals surface area contributed by atoms with Gasteiger partial charge in [0.25, 0.3) is 0 Å². The van der Waals surface area contributed by atoms with E-state index in [-0.39, 0.29) is 18.1 Å². The SMILES string of the molecule is C=C(Cl)COc1ccc(C(C)NCC2(CO)CC2)cc1. The third kappa shape index (κ3) is 4.23. The van der Waals surface area contributed by atoms with Crippen LogP contribution in [0.25, 0.3) is 0 Å². The van der Waals surface area contributed by atoms with Gasteiger partial charge in [-0.3, -0.25) is 0 Å². The maximum atomic E-state index is 9.31. The molecule has 110 valence electrons. The van der Waals surface area contributed by atoms with E-state index in [1.54, 1.807) is 0 Å². The van der Waals surface area contributed by atoms with Crippen LogP contribution in [-0.4, -0.2) is 24.9 Å². The Morgan fingerprint density at radius 1 is 1.45 bits per heavy atom. The van der Waals surface area contributed by atoms with Crippen LogP contribution >= 0.6 is 11.6 Å². The van der Waals surface area contributed by atoms with E-state index < -0.39 is 0 Å². The van der Waals surface area contributed by atoms with Gasteiger partial charge in [0.05, 0.1) is 0 Å². The molecule has 0 heterocycles. The van der Waals surface area contributed by atoms with Gasteiger partial charge in [0.15, 0.2) is 0 Å². The van der Waals surface area contributed by atoms with Crippen molar-refractivity contribution < 1.29 is 9.84 Å². The van der Waals surface area contributed by atoms with Crippen molar-refractivity contribution in [1.82, 2.24) is 5.32 Å². The van der Waals surface area contributed by atoms with Crippen LogP contribution in [0.5, 0.6) is 5.75 Å². The van der Waals surface area contributed by atoms with E-state index in [1.807, 2.05) is 24.3 Å². The number of hydrogen-bond acceptors (Lipinski definition) is 3. The number of ether oxygens (including phenoxy) is 1. The number of hydrogen-bond donors (Lipinski definition) is 2. The molecule has 0 saturated heterocycles. The van der Waals surface area contributed by atoms with Crippen molar-refractivity contribution in [1.29, 1.82) is 0 Å². The summed E-state index contributed by atoms with van der Waals surface area (Å²) in [4.78, 5) is 0. The minimum absolute atomic E-state index is 0.137. The summed E-state index contributed by atoms with van der Waals surface area (Å²) in [5, 5.41) is 13.3. The predicted octanol–water partition coefficient (Wildman–Crippen LogP) is 3.24. The van der Waals surface area contributed by atoms with Gasteiger partial charge in [-0.15, -0.1) is 0 Å². The molecule has 0 bridgehead atoms. The number of nitrogens with one attached hydrogen (secondary N) is 1. The van der Waals surface area contributed by atoms with Crippen molar-refractivity contribution in [2.75, 3.05) is 19.8 Å². The van der Waals surface area contributed by atoms with Gasteiger partial charge < -0.3 is 15.2 Å². The van der Waals surface area contributed by atoms with Crippen LogP contribution in [0.3, 0.4) is 0 Å². The topological polar surface area (TPSA) is 41.5 Å². The van der Waals surface area contributed by atoms with Crippen LogP contribution in [0.4, 0.5) is 0 Å². The highest BCUT2D eigenvalue weighted by atomic mass is 35.5. The van der Waals surface area contributed by atoms with Crippen LogP contribution in [0.2, 0.25) is 0 Å². The summed E-state index contributed by atoms with van der Waals surface area (Å²) < 4.78 is 5.46. The number of aliphatic hydroxyl groups excluding tert-OH is 1. The molecule has 0 radical (unpaired) electrons. The Hall–Kier alpha value is -1.03. The van der Waals surface area contributed by atoms with E-state index in [2.05, 4.69) is 18.8 Å². The van der Waals surface area contributed by atoms with Gasteiger partial charge in [0.2, 0.25) is 0 Å². The molecule has 2 N–H and O–H groups in total. The first-order valence-electron chi connectivity index (χ1n) is 6.95. The second-order valence-corrected chi connectivity index (χ2v) is 6.17. The van der Waals surface area contributed by atoms with Gasteiger partial charge in [-0.2, -0.15) is 0 Å². The molecule has 1 aromatic rings. The van der Waals surface area contributed by atoms with Crippen LogP contribution in [-0.2, 0) is 0 Å². The van der Waals surface area contributed by atoms with Gasteiger partial charge >= 0.3 is 0 Å². The minimum Gasteiger partial charge on any atom is -0.488 e. The van der Waals surface area contributed by atoms with Crippen molar-refractivity contribution in [3.8, 4) is 5.75 Å². The minimum atomic E-state index is 0.137. The summed E-state index contributed by atoms with van der Waals surface area (Å²) in [6, 6.07) is 8.22. The summed E-state index contributed by atoms with van der Waals surface area (Å²) in [6.45, 7) is 7.19. The Balaban J connectivity index is 1.83. The third-order valence-electron chi connectivity index (χ3n) is 3.85. The van der Waals surface area contributed by atoms with E-state index in [9.17, 15) is 5.11 Å². The predicted molar refractivity (Wildman–Crippen MR) is 82.1 cm³/mol. The standard InChI is InChI=1S/C16H22ClNO2/c1-12(17)9-20-15-5-3-14(4-6-15)13(2)18-10-16(11-19)7-8-16/h3-6,13,18-19H,1,7-11H2,2H3. The van der Waals surface area contributed by atoms with E-state index in [1.165, 1.54) is 5.56 Å². The average Bonchev–Trinajstić information content (AvgIpc) is 3.24. The van der Waals surface area contributed by atoms with Crippen LogP contribution in [0.15, 0.2) is 35.9 Å². The van der Waals surface area contributed by atoms with Gasteiger partial charge in [0.1, 0.15) is 12.4 Å². The lowest BCUT2D eigenvalue weighted by Crippen LogP contribution is -2.28. The summed E-state index contributed by atoms with van der Waals surface area (Å²) in [6.07, 6.45) is 2.25.